The van der Waals surface area contributed by atoms with Crippen LogP contribution >= 0.6 is 15.9 Å². The van der Waals surface area contributed by atoms with Crippen molar-refractivity contribution in [1.82, 2.24) is 4.57 Å². The number of aromatic nitrogens is 1. The molecule has 5 heteroatoms. The van der Waals surface area contributed by atoms with E-state index in [1.165, 1.54) is 7.11 Å². The average molecular weight is 539 g/mol. The summed E-state index contributed by atoms with van der Waals surface area (Å²) in [6.45, 7) is 0. The molecule has 0 amide bonds. The van der Waals surface area contributed by atoms with Gasteiger partial charge in [0.05, 0.1) is 13.2 Å². The van der Waals surface area contributed by atoms with Crippen LogP contribution in [0, 0.1) is 0 Å². The van der Waals surface area contributed by atoms with Gasteiger partial charge in [0.25, 0.3) is 0 Å². The molecular weight excluding hydrogens is 512 g/mol. The topological polar surface area (TPSA) is 43.3 Å². The van der Waals surface area contributed by atoms with Crippen molar-refractivity contribution >= 4 is 38.5 Å². The van der Waals surface area contributed by atoms with Gasteiger partial charge in [-0.25, -0.2) is 0 Å². The number of hydrogen-bond donors (Lipinski definition) is 1. The van der Waals surface area contributed by atoms with Crippen molar-refractivity contribution in [3.8, 4) is 0 Å². The lowest BCUT2D eigenvalue weighted by Crippen LogP contribution is -2.46. The van der Waals surface area contributed by atoms with E-state index < -0.39 is 11.5 Å². The second-order valence-electron chi connectivity index (χ2n) is 8.83. The highest BCUT2D eigenvalue weighted by Crippen LogP contribution is 2.49. The van der Waals surface area contributed by atoms with Gasteiger partial charge in [0.1, 0.15) is 5.41 Å². The molecule has 180 valence electrons. The molecule has 5 rings (SSSR count). The second-order valence-corrected chi connectivity index (χ2v) is 9.75. The third-order valence-electron chi connectivity index (χ3n) is 6.78. The fourth-order valence-corrected chi connectivity index (χ4v) is 5.41. The Kier molecular flexibility index (Phi) is 6.66. The number of ether oxygens (including phenoxy) is 1. The van der Waals surface area contributed by atoms with Crippen LogP contribution in [-0.2, 0) is 22.0 Å². The third-order valence-corrected chi connectivity index (χ3v) is 7.31. The summed E-state index contributed by atoms with van der Waals surface area (Å²) in [6, 6.07) is 35.8. The number of benzene rings is 4. The smallest absolute Gasteiger partial charge is 0.323 e. The highest BCUT2D eigenvalue weighted by molar-refractivity contribution is 9.10. The van der Waals surface area contributed by atoms with E-state index in [1.807, 2.05) is 92.0 Å². The van der Waals surface area contributed by atoms with Gasteiger partial charge in [-0.2, -0.15) is 0 Å². The summed E-state index contributed by atoms with van der Waals surface area (Å²) in [4.78, 5) is 14.3. The molecule has 0 bridgehead atoms. The van der Waals surface area contributed by atoms with Gasteiger partial charge in [-0.15, -0.1) is 0 Å². The SMILES string of the molecule is COC(=O)[C@](c1ccc(Br)cc1)(c1cn(C)c2ccccc12)[C@H](Nc1ccccc1)c1ccccc1. The first-order chi connectivity index (χ1) is 17.6. The quantitative estimate of drug-likeness (QED) is 0.222. The van der Waals surface area contributed by atoms with Crippen molar-refractivity contribution in [2.75, 3.05) is 12.4 Å². The number of esters is 1. The Balaban J connectivity index is 1.90. The van der Waals surface area contributed by atoms with E-state index in [0.717, 1.165) is 37.8 Å². The standard InChI is InChI=1S/C31H27BrN2O2/c1-34-21-27(26-15-9-10-16-28(26)34)31(30(35)36-2,23-17-19-24(32)20-18-23)29(22-11-5-3-6-12-22)33-25-13-7-4-8-14-25/h3-21,29,33H,1-2H3/t29-,31-/m1/s1. The maximum atomic E-state index is 14.3. The zero-order chi connectivity index (χ0) is 25.1. The van der Waals surface area contributed by atoms with Gasteiger partial charge in [-0.05, 0) is 41.5 Å². The van der Waals surface area contributed by atoms with Gasteiger partial charge >= 0.3 is 5.97 Å². The van der Waals surface area contributed by atoms with Crippen molar-refractivity contribution in [1.29, 1.82) is 0 Å². The minimum Gasteiger partial charge on any atom is -0.468 e. The molecule has 0 aliphatic carbocycles. The number of halogens is 1. The molecule has 1 N–H and O–H groups in total. The molecule has 1 heterocycles. The largest absolute Gasteiger partial charge is 0.468 e. The zero-order valence-electron chi connectivity index (χ0n) is 20.2. The lowest BCUT2D eigenvalue weighted by Gasteiger charge is -2.40. The maximum absolute atomic E-state index is 14.3. The summed E-state index contributed by atoms with van der Waals surface area (Å²) in [5, 5.41) is 4.72. The zero-order valence-corrected chi connectivity index (χ0v) is 21.8. The van der Waals surface area contributed by atoms with Gasteiger partial charge in [0, 0.05) is 39.9 Å². The molecule has 0 aliphatic rings. The molecule has 36 heavy (non-hydrogen) atoms. The van der Waals surface area contributed by atoms with E-state index in [4.69, 9.17) is 4.74 Å². The predicted octanol–water partition coefficient (Wildman–Crippen LogP) is 7.25. The van der Waals surface area contributed by atoms with Crippen LogP contribution in [-0.4, -0.2) is 17.6 Å². The molecule has 2 atom stereocenters. The second kappa shape index (κ2) is 10.0. The molecule has 0 saturated heterocycles. The number of para-hydroxylation sites is 2. The molecule has 5 aromatic rings. The Hall–Kier alpha value is -3.83. The van der Waals surface area contributed by atoms with Crippen LogP contribution in [0.25, 0.3) is 10.9 Å². The van der Waals surface area contributed by atoms with Crippen molar-refractivity contribution in [2.24, 2.45) is 7.05 Å². The fraction of sp³-hybridized carbons (Fsp3) is 0.129. The molecule has 1 aromatic heterocycles. The van der Waals surface area contributed by atoms with E-state index in [-0.39, 0.29) is 5.97 Å². The number of carbonyl (C=O) groups excluding carboxylic acids is 1. The number of nitrogens with zero attached hydrogens (tertiary/aromatic N) is 1. The normalized spacial score (nSPS) is 13.6. The van der Waals surface area contributed by atoms with Gasteiger partial charge in [0.2, 0.25) is 0 Å². The van der Waals surface area contributed by atoms with Crippen LogP contribution in [0.15, 0.2) is 120 Å². The van der Waals surface area contributed by atoms with Crippen LogP contribution in [0.5, 0.6) is 0 Å². The Morgan fingerprint density at radius 2 is 1.47 bits per heavy atom. The lowest BCUT2D eigenvalue weighted by molar-refractivity contribution is -0.146. The molecule has 0 saturated carbocycles. The number of rotatable bonds is 7. The molecule has 4 nitrogen and oxygen atoms in total. The summed E-state index contributed by atoms with van der Waals surface area (Å²) in [5.41, 5.74) is 3.45. The summed E-state index contributed by atoms with van der Waals surface area (Å²) in [5.74, 6) is -0.335. The first-order valence-corrected chi connectivity index (χ1v) is 12.6. The Bertz CT molecular complexity index is 1480. The van der Waals surface area contributed by atoms with Gasteiger partial charge in [-0.3, -0.25) is 4.79 Å². The van der Waals surface area contributed by atoms with Crippen LogP contribution < -0.4 is 5.32 Å². The van der Waals surface area contributed by atoms with Crippen LogP contribution in [0.4, 0.5) is 5.69 Å². The summed E-state index contributed by atoms with van der Waals surface area (Å²) >= 11 is 3.57. The van der Waals surface area contributed by atoms with E-state index in [1.54, 1.807) is 0 Å². The van der Waals surface area contributed by atoms with Crippen LogP contribution in [0.3, 0.4) is 0 Å². The van der Waals surface area contributed by atoms with Gasteiger partial charge < -0.3 is 14.6 Å². The number of nitrogens with one attached hydrogen (secondary N) is 1. The first kappa shape index (κ1) is 23.9. The summed E-state index contributed by atoms with van der Waals surface area (Å²) in [7, 11) is 3.48. The van der Waals surface area contributed by atoms with Crippen LogP contribution in [0.1, 0.15) is 22.7 Å². The number of methoxy groups -OCH3 is 1. The number of aryl methyl sites for hydroxylation is 1. The molecular formula is C31H27BrN2O2. The molecule has 4 aromatic carbocycles. The minimum absolute atomic E-state index is 0.335. The number of anilines is 1. The Morgan fingerprint density at radius 3 is 2.14 bits per heavy atom. The molecule has 0 radical (unpaired) electrons. The molecule has 0 unspecified atom stereocenters. The highest BCUT2D eigenvalue weighted by atomic mass is 79.9. The first-order valence-electron chi connectivity index (χ1n) is 11.8. The van der Waals surface area contributed by atoms with Gasteiger partial charge in [0.15, 0.2) is 0 Å². The van der Waals surface area contributed by atoms with Gasteiger partial charge in [-0.1, -0.05) is 94.8 Å². The number of fused-ring (bicyclic) bond motifs is 1. The van der Waals surface area contributed by atoms with E-state index >= 15 is 0 Å². The molecule has 0 fully saturated rings. The van der Waals surface area contributed by atoms with Crippen LogP contribution in [0.2, 0.25) is 0 Å². The van der Waals surface area contributed by atoms with E-state index in [0.29, 0.717) is 0 Å². The summed E-state index contributed by atoms with van der Waals surface area (Å²) < 4.78 is 8.67. The fourth-order valence-electron chi connectivity index (χ4n) is 5.14. The van der Waals surface area contributed by atoms with Crippen molar-refractivity contribution in [3.63, 3.8) is 0 Å². The van der Waals surface area contributed by atoms with E-state index in [9.17, 15) is 4.79 Å². The lowest BCUT2D eigenvalue weighted by atomic mass is 9.66. The van der Waals surface area contributed by atoms with Crippen molar-refractivity contribution in [3.05, 3.63) is 137 Å². The number of hydrogen-bond acceptors (Lipinski definition) is 3. The predicted molar refractivity (Wildman–Crippen MR) is 149 cm³/mol. The summed E-state index contributed by atoms with van der Waals surface area (Å²) in [6.07, 6.45) is 2.06. The Morgan fingerprint density at radius 1 is 0.861 bits per heavy atom. The average Bonchev–Trinajstić information content (AvgIpc) is 3.27. The van der Waals surface area contributed by atoms with E-state index in [2.05, 4.69) is 56.3 Å². The Labute approximate surface area is 219 Å². The third kappa shape index (κ3) is 4.10. The number of carbonyl (C=O) groups is 1. The monoisotopic (exact) mass is 538 g/mol. The maximum Gasteiger partial charge on any atom is 0.323 e. The molecule has 0 spiro atoms. The minimum atomic E-state index is -1.20. The molecule has 0 aliphatic heterocycles. The highest BCUT2D eigenvalue weighted by Gasteiger charge is 2.52. The van der Waals surface area contributed by atoms with Crippen molar-refractivity contribution < 1.29 is 9.53 Å². The van der Waals surface area contributed by atoms with Crippen molar-refractivity contribution in [2.45, 2.75) is 11.5 Å².